The number of carbonyl (C=O) groups is 1. The Morgan fingerprint density at radius 3 is 2.29 bits per heavy atom. The zero-order valence-electron chi connectivity index (χ0n) is 26.7. The largest absolute Gasteiger partial charge is 0.355 e. The third-order valence-corrected chi connectivity index (χ3v) is 7.77. The van der Waals surface area contributed by atoms with Gasteiger partial charge in [-0.15, -0.1) is 0 Å². The molecular weight excluding hydrogens is 601 g/mol. The Labute approximate surface area is 267 Å². The van der Waals surface area contributed by atoms with E-state index in [0.29, 0.717) is 25.2 Å². The van der Waals surface area contributed by atoms with Gasteiger partial charge in [0.25, 0.3) is 14.4 Å². The maximum atomic E-state index is 14.6. The summed E-state index contributed by atoms with van der Waals surface area (Å²) in [7, 11) is -0.135. The molecule has 0 spiro atoms. The van der Waals surface area contributed by atoms with Crippen LogP contribution in [0.25, 0.3) is 0 Å². The van der Waals surface area contributed by atoms with Gasteiger partial charge in [0.15, 0.2) is 0 Å². The highest BCUT2D eigenvalue weighted by Gasteiger charge is 2.52. The van der Waals surface area contributed by atoms with Crippen molar-refractivity contribution in [1.29, 1.82) is 0 Å². The number of alkyl halides is 2. The third-order valence-electron chi connectivity index (χ3n) is 6.57. The van der Waals surface area contributed by atoms with Gasteiger partial charge in [-0.25, -0.2) is 18.7 Å². The first-order chi connectivity index (χ1) is 21.8. The number of aromatic nitrogens is 2. The van der Waals surface area contributed by atoms with E-state index < -0.39 is 38.9 Å². The van der Waals surface area contributed by atoms with Crippen LogP contribution in [0.3, 0.4) is 0 Å². The number of unbranched alkanes of at least 4 members (excludes halogenated alkanes) is 1. The molecule has 1 amide bonds. The Morgan fingerprint density at radius 2 is 1.69 bits per heavy atom. The molecule has 0 aliphatic carbocycles. The molecule has 0 bridgehead atoms. The van der Waals surface area contributed by atoms with Crippen LogP contribution in [0.4, 0.5) is 8.78 Å². The van der Waals surface area contributed by atoms with Crippen LogP contribution in [0, 0.1) is 6.92 Å². The van der Waals surface area contributed by atoms with Crippen LogP contribution in [-0.4, -0.2) is 54.3 Å². The number of halogens is 2. The minimum atomic E-state index is -3.25. The molecule has 1 saturated heterocycles. The highest BCUT2D eigenvalue weighted by molar-refractivity contribution is 7.44. The van der Waals surface area contributed by atoms with Crippen molar-refractivity contribution >= 4 is 14.4 Å². The van der Waals surface area contributed by atoms with Crippen LogP contribution in [0.1, 0.15) is 76.6 Å². The van der Waals surface area contributed by atoms with E-state index in [1.165, 1.54) is 19.4 Å². The SMILES string of the molecule is CC/C=C\C/C=C\C/C=C\C/C=C\C/C=C\CCCC(=O)NCCNP(OC)OCC1CC(F)(F)C(n2ccc(C)nc2=O)O1. The molecule has 45 heavy (non-hydrogen) atoms. The standard InChI is InChI=1S/C33H49F2N4O5P/c1-4-5-6-7-8-9-10-11-12-13-14-15-16-17-18-19-20-21-30(40)36-23-24-37-45(42-3)43-27-29-26-33(34,35)31(44-29)39-25-22-28(2)38-32(39)41/h5-6,8-9,11-12,14-15,17-18,22,25,29,31,37H,4,7,10,13,16,19-21,23-24,26-27H2,1-3H3,(H,36,40)/b6-5-,9-8-,12-11-,15-14-,18-17-. The fraction of sp³-hybridized carbons (Fsp3) is 0.545. The molecule has 3 unspecified atom stereocenters. The summed E-state index contributed by atoms with van der Waals surface area (Å²) in [6.07, 6.45) is 26.4. The van der Waals surface area contributed by atoms with Gasteiger partial charge in [-0.1, -0.05) is 67.7 Å². The van der Waals surface area contributed by atoms with E-state index in [9.17, 15) is 18.4 Å². The Morgan fingerprint density at radius 1 is 1.07 bits per heavy atom. The number of hydrogen-bond acceptors (Lipinski definition) is 7. The van der Waals surface area contributed by atoms with Crippen molar-refractivity contribution in [3.05, 3.63) is 89.2 Å². The van der Waals surface area contributed by atoms with Crippen LogP contribution in [0.2, 0.25) is 0 Å². The summed E-state index contributed by atoms with van der Waals surface area (Å²) in [5, 5.41) is 5.87. The molecule has 1 aromatic heterocycles. The fourth-order valence-electron chi connectivity index (χ4n) is 4.28. The maximum absolute atomic E-state index is 14.6. The van der Waals surface area contributed by atoms with Gasteiger partial charge in [0.1, 0.15) is 0 Å². The van der Waals surface area contributed by atoms with Gasteiger partial charge in [-0.2, -0.15) is 4.98 Å². The summed E-state index contributed by atoms with van der Waals surface area (Å²) in [4.78, 5) is 27.9. The molecule has 2 rings (SSSR count). The van der Waals surface area contributed by atoms with Gasteiger partial charge < -0.3 is 19.1 Å². The molecule has 3 atom stereocenters. The van der Waals surface area contributed by atoms with E-state index in [4.69, 9.17) is 13.8 Å². The number of aryl methyl sites for hydroxylation is 1. The average molecular weight is 651 g/mol. The minimum Gasteiger partial charge on any atom is -0.355 e. The lowest BCUT2D eigenvalue weighted by molar-refractivity contribution is -0.121. The molecule has 1 aromatic rings. The lowest BCUT2D eigenvalue weighted by Crippen LogP contribution is -2.35. The second-order valence-corrected chi connectivity index (χ2v) is 11.9. The monoisotopic (exact) mass is 650 g/mol. The second kappa shape index (κ2) is 22.6. The highest BCUT2D eigenvalue weighted by Crippen LogP contribution is 2.43. The first-order valence-electron chi connectivity index (χ1n) is 15.6. The van der Waals surface area contributed by atoms with E-state index in [0.717, 1.165) is 49.5 Å². The van der Waals surface area contributed by atoms with E-state index >= 15 is 0 Å². The summed E-state index contributed by atoms with van der Waals surface area (Å²) >= 11 is 0. The summed E-state index contributed by atoms with van der Waals surface area (Å²) in [5.74, 6) is -3.30. The number of allylic oxidation sites excluding steroid dienone is 10. The number of nitrogens with one attached hydrogen (secondary N) is 2. The van der Waals surface area contributed by atoms with Gasteiger partial charge in [0, 0.05) is 44.9 Å². The normalized spacial score (nSPS) is 19.2. The van der Waals surface area contributed by atoms with Gasteiger partial charge in [0.05, 0.1) is 12.7 Å². The average Bonchev–Trinajstić information content (AvgIpc) is 3.31. The lowest BCUT2D eigenvalue weighted by Gasteiger charge is -2.20. The first kappa shape index (κ1) is 38.4. The van der Waals surface area contributed by atoms with Crippen molar-refractivity contribution in [2.45, 2.75) is 89.9 Å². The predicted molar refractivity (Wildman–Crippen MR) is 176 cm³/mol. The molecule has 9 nitrogen and oxygen atoms in total. The number of ether oxygens (including phenoxy) is 1. The Kier molecular flexibility index (Phi) is 19.3. The third kappa shape index (κ3) is 16.3. The molecule has 0 radical (unpaired) electrons. The van der Waals surface area contributed by atoms with Crippen molar-refractivity contribution in [2.75, 3.05) is 26.8 Å². The van der Waals surface area contributed by atoms with Crippen LogP contribution in [0.5, 0.6) is 0 Å². The number of rotatable bonds is 22. The zero-order chi connectivity index (χ0) is 32.8. The molecule has 12 heteroatoms. The topological polar surface area (TPSA) is 104 Å². The molecule has 0 aromatic carbocycles. The van der Waals surface area contributed by atoms with E-state index in [1.807, 2.05) is 0 Å². The van der Waals surface area contributed by atoms with Crippen molar-refractivity contribution in [3.63, 3.8) is 0 Å². The maximum Gasteiger partial charge on any atom is 0.350 e. The summed E-state index contributed by atoms with van der Waals surface area (Å²) < 4.78 is 46.3. The predicted octanol–water partition coefficient (Wildman–Crippen LogP) is 6.99. The Hall–Kier alpha value is -2.82. The highest BCUT2D eigenvalue weighted by atomic mass is 31.2. The second-order valence-electron chi connectivity index (χ2n) is 10.4. The van der Waals surface area contributed by atoms with Crippen molar-refractivity contribution in [2.24, 2.45) is 0 Å². The quantitative estimate of drug-likeness (QED) is 0.0792. The summed E-state index contributed by atoms with van der Waals surface area (Å²) in [5.41, 5.74) is -0.356. The Balaban J connectivity index is 1.51. The van der Waals surface area contributed by atoms with Crippen LogP contribution in [-0.2, 0) is 18.6 Å². The number of hydrogen-bond donors (Lipinski definition) is 2. The molecule has 0 saturated carbocycles. The molecule has 1 fully saturated rings. The van der Waals surface area contributed by atoms with Crippen molar-refractivity contribution in [3.8, 4) is 0 Å². The van der Waals surface area contributed by atoms with Gasteiger partial charge in [-0.05, 0) is 57.9 Å². The molecule has 1 aliphatic rings. The molecule has 250 valence electrons. The zero-order valence-corrected chi connectivity index (χ0v) is 27.6. The molecule has 2 N–H and O–H groups in total. The van der Waals surface area contributed by atoms with Crippen molar-refractivity contribution in [1.82, 2.24) is 20.0 Å². The number of amides is 1. The lowest BCUT2D eigenvalue weighted by atomic mass is 10.2. The van der Waals surface area contributed by atoms with Crippen LogP contribution in [0.15, 0.2) is 77.8 Å². The summed E-state index contributed by atoms with van der Waals surface area (Å²) in [6.45, 7) is 4.35. The Bertz CT molecular complexity index is 1200. The smallest absolute Gasteiger partial charge is 0.350 e. The van der Waals surface area contributed by atoms with Gasteiger partial charge in [0.2, 0.25) is 12.1 Å². The minimum absolute atomic E-state index is 0.0414. The van der Waals surface area contributed by atoms with E-state index in [2.05, 4.69) is 83.1 Å². The number of carbonyl (C=O) groups excluding carboxylic acids is 1. The number of nitrogens with zero attached hydrogens (tertiary/aromatic N) is 2. The first-order valence-corrected chi connectivity index (χ1v) is 16.8. The van der Waals surface area contributed by atoms with Gasteiger partial charge in [-0.3, -0.25) is 9.36 Å². The molecule has 1 aliphatic heterocycles. The van der Waals surface area contributed by atoms with Crippen LogP contribution < -0.4 is 16.1 Å². The fourth-order valence-corrected chi connectivity index (χ4v) is 5.20. The van der Waals surface area contributed by atoms with Gasteiger partial charge >= 0.3 is 5.69 Å². The molecule has 2 heterocycles. The van der Waals surface area contributed by atoms with Crippen molar-refractivity contribution < 1.29 is 27.4 Å². The molecular formula is C33H49F2N4O5P. The summed E-state index contributed by atoms with van der Waals surface area (Å²) in [6, 6.07) is 1.48. The van der Waals surface area contributed by atoms with Crippen LogP contribution >= 0.6 is 8.53 Å². The van der Waals surface area contributed by atoms with E-state index in [1.54, 1.807) is 6.92 Å². The van der Waals surface area contributed by atoms with E-state index in [-0.39, 0.29) is 12.5 Å².